The van der Waals surface area contributed by atoms with Crippen molar-refractivity contribution in [2.24, 2.45) is 0 Å². The number of fused-ring (bicyclic) bond motifs is 1. The summed E-state index contributed by atoms with van der Waals surface area (Å²) in [6, 6.07) is 12.0. The molecule has 1 aliphatic heterocycles. The van der Waals surface area contributed by atoms with Gasteiger partial charge >= 0.3 is 0 Å². The van der Waals surface area contributed by atoms with Crippen LogP contribution in [0.25, 0.3) is 10.9 Å². The number of ether oxygens (including phenoxy) is 1. The van der Waals surface area contributed by atoms with Crippen molar-refractivity contribution in [2.75, 3.05) is 42.9 Å². The van der Waals surface area contributed by atoms with E-state index in [2.05, 4.69) is 32.0 Å². The van der Waals surface area contributed by atoms with Gasteiger partial charge in [0, 0.05) is 61.6 Å². The summed E-state index contributed by atoms with van der Waals surface area (Å²) in [5, 5.41) is 12.8. The number of halogens is 2. The molecule has 0 amide bonds. The fraction of sp³-hybridized carbons (Fsp3) is 0.286. The number of hydrogen-bond donors (Lipinski definition) is 1. The van der Waals surface area contributed by atoms with Crippen molar-refractivity contribution < 1.29 is 18.3 Å². The highest BCUT2D eigenvalue weighted by molar-refractivity contribution is 5.94. The minimum atomic E-state index is -0.873. The molecule has 200 valence electrons. The molecule has 1 N–H and O–H groups in total. The van der Waals surface area contributed by atoms with Gasteiger partial charge in [0.05, 0.1) is 5.52 Å². The van der Waals surface area contributed by atoms with E-state index in [-0.39, 0.29) is 28.2 Å². The number of hydrogen-bond acceptors (Lipinski definition) is 8. The van der Waals surface area contributed by atoms with Gasteiger partial charge in [0.15, 0.2) is 28.8 Å². The molecule has 2 aromatic carbocycles. The number of rotatable bonds is 6. The number of nitriles is 1. The lowest BCUT2D eigenvalue weighted by Gasteiger charge is -2.35. The molecule has 4 aromatic rings. The Morgan fingerprint density at radius 1 is 1.13 bits per heavy atom. The van der Waals surface area contributed by atoms with Gasteiger partial charge in [-0.2, -0.15) is 5.26 Å². The number of carbonyl (C=O) groups is 1. The largest absolute Gasteiger partial charge is 0.434 e. The van der Waals surface area contributed by atoms with E-state index in [1.165, 1.54) is 19.3 Å². The summed E-state index contributed by atoms with van der Waals surface area (Å²) in [4.78, 5) is 24.8. The third kappa shape index (κ3) is 4.98. The van der Waals surface area contributed by atoms with Gasteiger partial charge in [-0.3, -0.25) is 9.36 Å². The smallest absolute Gasteiger partial charge is 0.242 e. The predicted octanol–water partition coefficient (Wildman–Crippen LogP) is 5.23. The molecule has 5 rings (SSSR count). The van der Waals surface area contributed by atoms with Gasteiger partial charge in [-0.15, -0.1) is 0 Å². The standard InChI is InChI=1S/C28H27F2N7O2/c1-4-35-9-11-36(12-10-35)20-7-5-19(6-8-20)34-27-22(15-31)28(33-16-32-27)39-24-14-23(29)26-21(25(24)30)13-17(2)37(26)18(3)38/h5-8,13-14,16H,4,9-12H2,1-3H3,(H,32,33,34). The molecule has 0 saturated carbocycles. The predicted molar refractivity (Wildman–Crippen MR) is 144 cm³/mol. The van der Waals surface area contributed by atoms with Gasteiger partial charge in [0.1, 0.15) is 12.4 Å². The maximum atomic E-state index is 15.3. The lowest BCUT2D eigenvalue weighted by molar-refractivity contribution is 0.0939. The maximum absolute atomic E-state index is 15.3. The molecular weight excluding hydrogens is 504 g/mol. The topological polar surface area (TPSA) is 99.3 Å². The number of carbonyl (C=O) groups excluding carboxylic acids is 1. The van der Waals surface area contributed by atoms with E-state index in [0.29, 0.717) is 11.4 Å². The highest BCUT2D eigenvalue weighted by Crippen LogP contribution is 2.35. The molecule has 39 heavy (non-hydrogen) atoms. The summed E-state index contributed by atoms with van der Waals surface area (Å²) in [6.07, 6.45) is 1.17. The first kappa shape index (κ1) is 26.1. The second kappa shape index (κ2) is 10.7. The molecule has 0 spiro atoms. The summed E-state index contributed by atoms with van der Waals surface area (Å²) in [5.41, 5.74) is 1.92. The average molecular weight is 532 g/mol. The fourth-order valence-corrected chi connectivity index (χ4v) is 4.86. The van der Waals surface area contributed by atoms with Crippen molar-refractivity contribution in [3.8, 4) is 17.7 Å². The third-order valence-corrected chi connectivity index (χ3v) is 6.88. The van der Waals surface area contributed by atoms with Crippen LogP contribution < -0.4 is 15.0 Å². The van der Waals surface area contributed by atoms with Crippen LogP contribution in [0, 0.1) is 29.9 Å². The molecule has 3 heterocycles. The molecular formula is C28H27F2N7O2. The second-order valence-electron chi connectivity index (χ2n) is 9.28. The summed E-state index contributed by atoms with van der Waals surface area (Å²) in [6.45, 7) is 10.0. The van der Waals surface area contributed by atoms with Crippen LogP contribution in [0.4, 0.5) is 26.0 Å². The van der Waals surface area contributed by atoms with Crippen LogP contribution in [0.5, 0.6) is 11.6 Å². The Balaban J connectivity index is 1.39. The summed E-state index contributed by atoms with van der Waals surface area (Å²) in [5.74, 6) is -2.70. The second-order valence-corrected chi connectivity index (χ2v) is 9.28. The summed E-state index contributed by atoms with van der Waals surface area (Å²) < 4.78 is 37.0. The highest BCUT2D eigenvalue weighted by Gasteiger charge is 2.23. The van der Waals surface area contributed by atoms with Gasteiger partial charge in [-0.1, -0.05) is 6.92 Å². The van der Waals surface area contributed by atoms with E-state index in [4.69, 9.17) is 4.74 Å². The van der Waals surface area contributed by atoms with Crippen LogP contribution in [0.15, 0.2) is 42.7 Å². The Hall–Kier alpha value is -4.56. The molecule has 0 unspecified atom stereocenters. The number of aryl methyl sites for hydroxylation is 1. The van der Waals surface area contributed by atoms with Crippen LogP contribution >= 0.6 is 0 Å². The Bertz CT molecular complexity index is 1590. The number of nitrogens with one attached hydrogen (secondary N) is 1. The van der Waals surface area contributed by atoms with Gasteiger partial charge < -0.3 is 19.9 Å². The molecule has 2 aromatic heterocycles. The minimum absolute atomic E-state index is 0.0744. The molecule has 0 aliphatic carbocycles. The normalized spacial score (nSPS) is 13.9. The molecule has 1 saturated heterocycles. The highest BCUT2D eigenvalue weighted by atomic mass is 19.1. The molecule has 0 atom stereocenters. The number of benzene rings is 2. The van der Waals surface area contributed by atoms with Crippen molar-refractivity contribution in [2.45, 2.75) is 20.8 Å². The zero-order valence-electron chi connectivity index (χ0n) is 21.8. The monoisotopic (exact) mass is 531 g/mol. The summed E-state index contributed by atoms with van der Waals surface area (Å²) >= 11 is 0. The van der Waals surface area contributed by atoms with Crippen molar-refractivity contribution in [1.29, 1.82) is 5.26 Å². The molecule has 9 nitrogen and oxygen atoms in total. The average Bonchev–Trinajstić information content (AvgIpc) is 3.30. The maximum Gasteiger partial charge on any atom is 0.242 e. The van der Waals surface area contributed by atoms with E-state index in [1.54, 1.807) is 6.92 Å². The van der Waals surface area contributed by atoms with Gasteiger partial charge in [-0.25, -0.2) is 18.7 Å². The van der Waals surface area contributed by atoms with Gasteiger partial charge in [0.2, 0.25) is 11.8 Å². The van der Waals surface area contributed by atoms with E-state index < -0.39 is 23.3 Å². The van der Waals surface area contributed by atoms with Crippen LogP contribution in [0.2, 0.25) is 0 Å². The number of anilines is 3. The third-order valence-electron chi connectivity index (χ3n) is 6.88. The van der Waals surface area contributed by atoms with Gasteiger partial charge in [0.25, 0.3) is 0 Å². The van der Waals surface area contributed by atoms with Crippen LogP contribution in [-0.2, 0) is 0 Å². The molecule has 1 aliphatic rings. The zero-order chi connectivity index (χ0) is 27.7. The quantitative estimate of drug-likeness (QED) is 0.361. The Morgan fingerprint density at radius 2 is 1.85 bits per heavy atom. The Kier molecular flexibility index (Phi) is 7.13. The summed E-state index contributed by atoms with van der Waals surface area (Å²) in [7, 11) is 0. The number of aromatic nitrogens is 3. The van der Waals surface area contributed by atoms with Gasteiger partial charge in [-0.05, 0) is 43.8 Å². The lowest BCUT2D eigenvalue weighted by atomic mass is 10.2. The number of piperazine rings is 1. The van der Waals surface area contributed by atoms with Crippen molar-refractivity contribution in [1.82, 2.24) is 19.4 Å². The van der Waals surface area contributed by atoms with Crippen molar-refractivity contribution in [3.05, 3.63) is 65.6 Å². The zero-order valence-corrected chi connectivity index (χ0v) is 21.8. The Morgan fingerprint density at radius 3 is 2.49 bits per heavy atom. The van der Waals surface area contributed by atoms with Crippen molar-refractivity contribution >= 4 is 34.0 Å². The first-order valence-corrected chi connectivity index (χ1v) is 12.6. The number of nitrogens with zero attached hydrogens (tertiary/aromatic N) is 6. The van der Waals surface area contributed by atoms with E-state index in [0.717, 1.165) is 49.0 Å². The van der Waals surface area contributed by atoms with Crippen LogP contribution in [-0.4, -0.2) is 58.1 Å². The van der Waals surface area contributed by atoms with Crippen LogP contribution in [0.3, 0.4) is 0 Å². The minimum Gasteiger partial charge on any atom is -0.434 e. The molecule has 0 radical (unpaired) electrons. The first-order chi connectivity index (χ1) is 18.8. The molecule has 0 bridgehead atoms. The molecule has 1 fully saturated rings. The van der Waals surface area contributed by atoms with Crippen LogP contribution in [0.1, 0.15) is 29.9 Å². The van der Waals surface area contributed by atoms with Crippen molar-refractivity contribution in [3.63, 3.8) is 0 Å². The fourth-order valence-electron chi connectivity index (χ4n) is 4.86. The van der Waals surface area contributed by atoms with E-state index in [1.807, 2.05) is 30.3 Å². The number of likely N-dealkylation sites (N-methyl/N-ethyl adjacent to an activating group) is 1. The first-order valence-electron chi connectivity index (χ1n) is 12.6. The Labute approximate surface area is 224 Å². The lowest BCUT2D eigenvalue weighted by Crippen LogP contribution is -2.46. The van der Waals surface area contributed by atoms with E-state index in [9.17, 15) is 14.4 Å². The van der Waals surface area contributed by atoms with E-state index >= 15 is 4.39 Å². The molecule has 11 heteroatoms. The SMILES string of the molecule is CCN1CCN(c2ccc(Nc3ncnc(Oc4cc(F)c5c(cc(C)n5C(C)=O)c4F)c3C#N)cc2)CC1.